The third-order valence-corrected chi connectivity index (χ3v) is 2.52. The predicted molar refractivity (Wildman–Crippen MR) is 64.2 cm³/mol. The summed E-state index contributed by atoms with van der Waals surface area (Å²) in [4.78, 5) is 4.00. The van der Waals surface area contributed by atoms with Gasteiger partial charge >= 0.3 is 0 Å². The molecule has 0 radical (unpaired) electrons. The molecule has 0 spiro atoms. The van der Waals surface area contributed by atoms with Crippen LogP contribution in [-0.2, 0) is 6.54 Å². The van der Waals surface area contributed by atoms with Gasteiger partial charge in [-0.05, 0) is 17.0 Å². The third kappa shape index (κ3) is 2.59. The van der Waals surface area contributed by atoms with Gasteiger partial charge < -0.3 is 5.32 Å². The van der Waals surface area contributed by atoms with Gasteiger partial charge in [0.05, 0.1) is 0 Å². The average Bonchev–Trinajstić information content (AvgIpc) is 2.80. The van der Waals surface area contributed by atoms with Gasteiger partial charge in [0.2, 0.25) is 5.95 Å². The number of nitrogens with zero attached hydrogens (tertiary/aromatic N) is 2. The lowest BCUT2D eigenvalue weighted by Crippen LogP contribution is -2.01. The molecule has 0 fully saturated rings. The van der Waals surface area contributed by atoms with Gasteiger partial charge in [-0.2, -0.15) is 5.10 Å². The number of aromatic nitrogens is 3. The zero-order valence-corrected chi connectivity index (χ0v) is 9.57. The molecule has 16 heavy (non-hydrogen) atoms. The van der Waals surface area contributed by atoms with E-state index in [0.29, 0.717) is 11.9 Å². The van der Waals surface area contributed by atoms with Crippen LogP contribution in [0.1, 0.15) is 30.9 Å². The molecule has 0 atom stereocenters. The number of anilines is 1. The van der Waals surface area contributed by atoms with Crippen molar-refractivity contribution in [2.45, 2.75) is 26.3 Å². The molecule has 2 aromatic rings. The molecular weight excluding hydrogens is 200 g/mol. The van der Waals surface area contributed by atoms with Crippen LogP contribution in [-0.4, -0.2) is 15.2 Å². The van der Waals surface area contributed by atoms with E-state index in [1.54, 1.807) is 0 Å². The van der Waals surface area contributed by atoms with Gasteiger partial charge in [0.1, 0.15) is 6.33 Å². The van der Waals surface area contributed by atoms with E-state index >= 15 is 0 Å². The first kappa shape index (κ1) is 10.7. The molecule has 0 aliphatic carbocycles. The number of hydrogen-bond acceptors (Lipinski definition) is 3. The van der Waals surface area contributed by atoms with Gasteiger partial charge in [0, 0.05) is 6.54 Å². The molecule has 2 N–H and O–H groups in total. The highest BCUT2D eigenvalue weighted by Crippen LogP contribution is 2.14. The number of aromatic amines is 1. The summed E-state index contributed by atoms with van der Waals surface area (Å²) in [5.74, 6) is 1.28. The molecule has 1 aromatic carbocycles. The van der Waals surface area contributed by atoms with E-state index in [1.165, 1.54) is 17.5 Å². The zero-order chi connectivity index (χ0) is 11.4. The van der Waals surface area contributed by atoms with Crippen LogP contribution in [0.3, 0.4) is 0 Å². The molecule has 0 amide bonds. The quantitative estimate of drug-likeness (QED) is 0.825. The van der Waals surface area contributed by atoms with Gasteiger partial charge in [-0.3, -0.25) is 0 Å². The molecule has 1 heterocycles. The number of hydrogen-bond donors (Lipinski definition) is 2. The van der Waals surface area contributed by atoms with Crippen molar-refractivity contribution < 1.29 is 0 Å². The van der Waals surface area contributed by atoms with Crippen LogP contribution in [0.4, 0.5) is 5.95 Å². The van der Waals surface area contributed by atoms with E-state index in [1.807, 2.05) is 0 Å². The van der Waals surface area contributed by atoms with Gasteiger partial charge in [-0.15, -0.1) is 0 Å². The molecule has 4 heteroatoms. The van der Waals surface area contributed by atoms with Crippen molar-refractivity contribution in [3.05, 3.63) is 41.7 Å². The van der Waals surface area contributed by atoms with E-state index in [9.17, 15) is 0 Å². The largest absolute Gasteiger partial charge is 0.351 e. The highest BCUT2D eigenvalue weighted by Gasteiger charge is 1.99. The Morgan fingerprint density at radius 2 is 2.00 bits per heavy atom. The lowest BCUT2D eigenvalue weighted by Gasteiger charge is -2.07. The van der Waals surface area contributed by atoms with Crippen molar-refractivity contribution in [2.75, 3.05) is 5.32 Å². The third-order valence-electron chi connectivity index (χ3n) is 2.52. The molecule has 0 saturated carbocycles. The number of H-pyrrole nitrogens is 1. The maximum atomic E-state index is 4.00. The molecule has 2 rings (SSSR count). The predicted octanol–water partition coefficient (Wildman–Crippen LogP) is 2.54. The summed E-state index contributed by atoms with van der Waals surface area (Å²) in [6, 6.07) is 8.61. The van der Waals surface area contributed by atoms with E-state index < -0.39 is 0 Å². The topological polar surface area (TPSA) is 53.6 Å². The Hall–Kier alpha value is -1.84. The standard InChI is InChI=1S/C12H16N4/c1-9(2)11-5-3-10(4-6-11)7-13-12-14-8-15-16-12/h3-6,8-9H,7H2,1-2H3,(H2,13,14,15,16). The second kappa shape index (κ2) is 4.79. The fraction of sp³-hybridized carbons (Fsp3) is 0.333. The molecule has 0 saturated heterocycles. The van der Waals surface area contributed by atoms with Crippen LogP contribution in [0.25, 0.3) is 0 Å². The SMILES string of the molecule is CC(C)c1ccc(CNc2ncn[nH]2)cc1. The highest BCUT2D eigenvalue weighted by molar-refractivity contribution is 5.29. The molecule has 4 nitrogen and oxygen atoms in total. The summed E-state index contributed by atoms with van der Waals surface area (Å²) >= 11 is 0. The van der Waals surface area contributed by atoms with Crippen molar-refractivity contribution in [3.63, 3.8) is 0 Å². The highest BCUT2D eigenvalue weighted by atomic mass is 15.3. The Kier molecular flexibility index (Phi) is 3.19. The van der Waals surface area contributed by atoms with Crippen LogP contribution in [0.2, 0.25) is 0 Å². The minimum absolute atomic E-state index is 0.580. The van der Waals surface area contributed by atoms with Crippen LogP contribution in [0.15, 0.2) is 30.6 Å². The van der Waals surface area contributed by atoms with Crippen molar-refractivity contribution in [1.82, 2.24) is 15.2 Å². The van der Waals surface area contributed by atoms with Crippen molar-refractivity contribution in [1.29, 1.82) is 0 Å². The van der Waals surface area contributed by atoms with Crippen LogP contribution in [0.5, 0.6) is 0 Å². The van der Waals surface area contributed by atoms with E-state index in [0.717, 1.165) is 6.54 Å². The average molecular weight is 216 g/mol. The smallest absolute Gasteiger partial charge is 0.218 e. The lowest BCUT2D eigenvalue weighted by atomic mass is 10.0. The van der Waals surface area contributed by atoms with Crippen LogP contribution >= 0.6 is 0 Å². The fourth-order valence-corrected chi connectivity index (χ4v) is 1.50. The normalized spacial score (nSPS) is 10.7. The molecular formula is C12H16N4. The molecule has 0 bridgehead atoms. The van der Waals surface area contributed by atoms with Crippen molar-refractivity contribution >= 4 is 5.95 Å². The summed E-state index contributed by atoms with van der Waals surface area (Å²) < 4.78 is 0. The van der Waals surface area contributed by atoms with Crippen molar-refractivity contribution in [2.24, 2.45) is 0 Å². The summed E-state index contributed by atoms with van der Waals surface area (Å²) in [7, 11) is 0. The first-order chi connectivity index (χ1) is 7.75. The summed E-state index contributed by atoms with van der Waals surface area (Å²) in [5, 5.41) is 9.70. The van der Waals surface area contributed by atoms with Gasteiger partial charge in [0.15, 0.2) is 0 Å². The zero-order valence-electron chi connectivity index (χ0n) is 9.57. The van der Waals surface area contributed by atoms with E-state index in [4.69, 9.17) is 0 Å². The molecule has 0 unspecified atom stereocenters. The van der Waals surface area contributed by atoms with Crippen LogP contribution < -0.4 is 5.32 Å². The van der Waals surface area contributed by atoms with Gasteiger partial charge in [0.25, 0.3) is 0 Å². The summed E-state index contributed by atoms with van der Waals surface area (Å²) in [6.45, 7) is 5.15. The lowest BCUT2D eigenvalue weighted by molar-refractivity contribution is 0.865. The summed E-state index contributed by atoms with van der Waals surface area (Å²) in [5.41, 5.74) is 2.60. The first-order valence-electron chi connectivity index (χ1n) is 5.44. The molecule has 84 valence electrons. The monoisotopic (exact) mass is 216 g/mol. The Bertz CT molecular complexity index is 417. The first-order valence-corrected chi connectivity index (χ1v) is 5.44. The maximum Gasteiger partial charge on any atom is 0.218 e. The minimum Gasteiger partial charge on any atom is -0.351 e. The van der Waals surface area contributed by atoms with Crippen LogP contribution in [0, 0.1) is 0 Å². The Morgan fingerprint density at radius 3 is 2.56 bits per heavy atom. The minimum atomic E-state index is 0.580. The van der Waals surface area contributed by atoms with Gasteiger partial charge in [-0.25, -0.2) is 10.1 Å². The van der Waals surface area contributed by atoms with E-state index in [2.05, 4.69) is 58.6 Å². The Morgan fingerprint density at radius 1 is 1.25 bits per heavy atom. The molecule has 0 aliphatic heterocycles. The Labute approximate surface area is 95.1 Å². The number of benzene rings is 1. The van der Waals surface area contributed by atoms with Crippen molar-refractivity contribution in [3.8, 4) is 0 Å². The summed E-state index contributed by atoms with van der Waals surface area (Å²) in [6.07, 6.45) is 1.49. The number of rotatable bonds is 4. The van der Waals surface area contributed by atoms with E-state index in [-0.39, 0.29) is 0 Å². The molecule has 0 aliphatic rings. The van der Waals surface area contributed by atoms with Gasteiger partial charge in [-0.1, -0.05) is 38.1 Å². The Balaban J connectivity index is 1.95. The maximum absolute atomic E-state index is 4.00. The second-order valence-electron chi connectivity index (χ2n) is 4.08. The molecule has 1 aromatic heterocycles. The second-order valence-corrected chi connectivity index (χ2v) is 4.08. The fourth-order valence-electron chi connectivity index (χ4n) is 1.50. The number of nitrogens with one attached hydrogen (secondary N) is 2.